The number of nitrogens with zero attached hydrogens (tertiary/aromatic N) is 2. The second kappa shape index (κ2) is 6.29. The molecule has 0 atom stereocenters. The monoisotopic (exact) mass is 266 g/mol. The predicted molar refractivity (Wildman–Crippen MR) is 60.8 cm³/mol. The lowest BCUT2D eigenvalue weighted by Gasteiger charge is -2.34. The van der Waals surface area contributed by atoms with Crippen molar-refractivity contribution in [3.8, 4) is 0 Å². The van der Waals surface area contributed by atoms with E-state index in [1.165, 1.54) is 15.7 Å². The van der Waals surface area contributed by atoms with Gasteiger partial charge in [0.05, 0.1) is 13.0 Å². The van der Waals surface area contributed by atoms with E-state index in [-0.39, 0.29) is 13.0 Å². The van der Waals surface area contributed by atoms with Gasteiger partial charge < -0.3 is 9.84 Å². The number of methoxy groups -OCH3 is 1. The summed E-state index contributed by atoms with van der Waals surface area (Å²) in [7, 11) is -2.00. The summed E-state index contributed by atoms with van der Waals surface area (Å²) in [6.45, 7) is 1.53. The fraction of sp³-hybridized carbons (Fsp3) is 0.889. The van der Waals surface area contributed by atoms with Gasteiger partial charge in [0.15, 0.2) is 0 Å². The third-order valence-electron chi connectivity index (χ3n) is 2.59. The summed E-state index contributed by atoms with van der Waals surface area (Å²) < 4.78 is 31.5. The molecule has 1 N–H and O–H groups in total. The molecule has 0 aliphatic carbocycles. The van der Waals surface area contributed by atoms with Crippen LogP contribution in [0, 0.1) is 0 Å². The quantitative estimate of drug-likeness (QED) is 0.691. The van der Waals surface area contributed by atoms with Crippen molar-refractivity contribution in [2.45, 2.75) is 12.8 Å². The van der Waals surface area contributed by atoms with Gasteiger partial charge in [-0.15, -0.1) is 0 Å². The minimum Gasteiger partial charge on any atom is -0.481 e. The highest BCUT2D eigenvalue weighted by atomic mass is 32.2. The molecule has 8 heteroatoms. The second-order valence-corrected chi connectivity index (χ2v) is 5.72. The van der Waals surface area contributed by atoms with E-state index in [1.807, 2.05) is 0 Å². The van der Waals surface area contributed by atoms with Gasteiger partial charge in [0.1, 0.15) is 0 Å². The van der Waals surface area contributed by atoms with Crippen LogP contribution in [0.5, 0.6) is 0 Å². The van der Waals surface area contributed by atoms with Crippen molar-refractivity contribution in [1.82, 2.24) is 8.61 Å². The smallest absolute Gasteiger partial charge is 0.304 e. The predicted octanol–water partition coefficient (Wildman–Crippen LogP) is -0.640. The zero-order valence-corrected chi connectivity index (χ0v) is 10.6. The number of carboxylic acid groups (broad SMARTS) is 1. The second-order valence-electron chi connectivity index (χ2n) is 3.80. The lowest BCUT2D eigenvalue weighted by molar-refractivity contribution is -0.137. The van der Waals surface area contributed by atoms with Crippen molar-refractivity contribution < 1.29 is 23.1 Å². The molecule has 1 rings (SSSR count). The molecule has 1 aliphatic heterocycles. The third-order valence-corrected chi connectivity index (χ3v) is 4.62. The number of hydrogen-bond donors (Lipinski definition) is 1. The van der Waals surface area contributed by atoms with E-state index < -0.39 is 16.2 Å². The molecule has 1 aliphatic rings. The zero-order chi connectivity index (χ0) is 12.9. The van der Waals surface area contributed by atoms with E-state index in [0.29, 0.717) is 32.7 Å². The highest BCUT2D eigenvalue weighted by molar-refractivity contribution is 7.86. The molecule has 100 valence electrons. The van der Waals surface area contributed by atoms with E-state index >= 15 is 0 Å². The van der Waals surface area contributed by atoms with Crippen molar-refractivity contribution in [2.24, 2.45) is 0 Å². The van der Waals surface area contributed by atoms with Crippen LogP contribution in [-0.4, -0.2) is 68.0 Å². The Morgan fingerprint density at radius 2 is 1.88 bits per heavy atom. The van der Waals surface area contributed by atoms with Crippen molar-refractivity contribution >= 4 is 16.2 Å². The van der Waals surface area contributed by atoms with Gasteiger partial charge in [0, 0.05) is 33.3 Å². The molecule has 0 aromatic heterocycles. The van der Waals surface area contributed by atoms with Gasteiger partial charge in [0.2, 0.25) is 0 Å². The molecule has 0 unspecified atom stereocenters. The van der Waals surface area contributed by atoms with Crippen LogP contribution in [0.25, 0.3) is 0 Å². The average molecular weight is 266 g/mol. The highest BCUT2D eigenvalue weighted by Gasteiger charge is 2.33. The Kier molecular flexibility index (Phi) is 5.31. The maximum absolute atomic E-state index is 12.0. The van der Waals surface area contributed by atoms with E-state index in [1.54, 1.807) is 0 Å². The third kappa shape index (κ3) is 3.91. The summed E-state index contributed by atoms with van der Waals surface area (Å²) in [6.07, 6.45) is 0.542. The molecule has 1 saturated heterocycles. The van der Waals surface area contributed by atoms with Crippen LogP contribution in [0.2, 0.25) is 0 Å². The molecule has 0 amide bonds. The molecule has 1 heterocycles. The Hall–Kier alpha value is -0.700. The standard InChI is InChI=1S/C9H18N2O5S/c1-16-8-7-11-5-2-4-10(17(11,14)15)6-3-9(12)13/h2-8H2,1H3,(H,12,13). The summed E-state index contributed by atoms with van der Waals surface area (Å²) in [5.41, 5.74) is 0. The summed E-state index contributed by atoms with van der Waals surface area (Å²) >= 11 is 0. The van der Waals surface area contributed by atoms with Crippen LogP contribution in [0.4, 0.5) is 0 Å². The number of hydrogen-bond acceptors (Lipinski definition) is 4. The van der Waals surface area contributed by atoms with Gasteiger partial charge in [-0.1, -0.05) is 0 Å². The molecule has 0 aromatic carbocycles. The maximum Gasteiger partial charge on any atom is 0.304 e. The SMILES string of the molecule is COCCN1CCCN(CCC(=O)O)S1(=O)=O. The molecule has 0 aromatic rings. The molecule has 0 radical (unpaired) electrons. The Morgan fingerprint density at radius 1 is 1.29 bits per heavy atom. The minimum atomic E-state index is -3.51. The van der Waals surface area contributed by atoms with Gasteiger partial charge in [-0.2, -0.15) is 17.0 Å². The fourth-order valence-electron chi connectivity index (χ4n) is 1.69. The Morgan fingerprint density at radius 3 is 2.41 bits per heavy atom. The highest BCUT2D eigenvalue weighted by Crippen LogP contribution is 2.16. The largest absolute Gasteiger partial charge is 0.481 e. The summed E-state index contributed by atoms with van der Waals surface area (Å²) in [6, 6.07) is 0. The minimum absolute atomic E-state index is 0.0289. The number of ether oxygens (including phenoxy) is 1. The fourth-order valence-corrected chi connectivity index (χ4v) is 3.36. The van der Waals surface area contributed by atoms with Crippen molar-refractivity contribution in [2.75, 3.05) is 39.9 Å². The molecule has 17 heavy (non-hydrogen) atoms. The number of aliphatic carboxylic acids is 1. The summed E-state index contributed by atoms with van der Waals surface area (Å²) in [5.74, 6) is -0.991. The van der Waals surface area contributed by atoms with Crippen LogP contribution >= 0.6 is 0 Å². The first-order valence-corrected chi connectivity index (χ1v) is 6.84. The summed E-state index contributed by atoms with van der Waals surface area (Å²) in [4.78, 5) is 10.5. The number of carbonyl (C=O) groups is 1. The average Bonchev–Trinajstić information content (AvgIpc) is 2.25. The first-order chi connectivity index (χ1) is 7.98. The molecule has 1 fully saturated rings. The van der Waals surface area contributed by atoms with Crippen molar-refractivity contribution in [3.63, 3.8) is 0 Å². The van der Waals surface area contributed by atoms with Crippen LogP contribution in [0.1, 0.15) is 12.8 Å². The number of rotatable bonds is 6. The Bertz CT molecular complexity index is 356. The lowest BCUT2D eigenvalue weighted by atomic mass is 10.3. The Balaban J connectivity index is 2.63. The molecule has 0 spiro atoms. The normalized spacial score (nSPS) is 21.5. The first-order valence-electron chi connectivity index (χ1n) is 5.44. The van der Waals surface area contributed by atoms with E-state index in [2.05, 4.69) is 0 Å². The molecular formula is C9H18N2O5S. The topological polar surface area (TPSA) is 87.2 Å². The van der Waals surface area contributed by atoms with Crippen LogP contribution < -0.4 is 0 Å². The van der Waals surface area contributed by atoms with E-state index in [0.717, 1.165) is 0 Å². The first kappa shape index (κ1) is 14.4. The van der Waals surface area contributed by atoms with E-state index in [4.69, 9.17) is 9.84 Å². The Labute approximate surface area is 101 Å². The van der Waals surface area contributed by atoms with Crippen molar-refractivity contribution in [1.29, 1.82) is 0 Å². The van der Waals surface area contributed by atoms with Gasteiger partial charge in [-0.05, 0) is 6.42 Å². The van der Waals surface area contributed by atoms with Gasteiger partial charge in [-0.3, -0.25) is 4.79 Å². The van der Waals surface area contributed by atoms with Crippen LogP contribution in [0.15, 0.2) is 0 Å². The molecule has 0 bridgehead atoms. The number of carboxylic acids is 1. The van der Waals surface area contributed by atoms with Crippen LogP contribution in [0.3, 0.4) is 0 Å². The molecule has 7 nitrogen and oxygen atoms in total. The van der Waals surface area contributed by atoms with Crippen molar-refractivity contribution in [3.05, 3.63) is 0 Å². The van der Waals surface area contributed by atoms with Gasteiger partial charge in [0.25, 0.3) is 10.2 Å². The molecular weight excluding hydrogens is 248 g/mol. The summed E-state index contributed by atoms with van der Waals surface area (Å²) in [5, 5.41) is 8.57. The maximum atomic E-state index is 12.0. The van der Waals surface area contributed by atoms with Gasteiger partial charge >= 0.3 is 5.97 Å². The van der Waals surface area contributed by atoms with Gasteiger partial charge in [-0.25, -0.2) is 0 Å². The molecule has 0 saturated carbocycles. The van der Waals surface area contributed by atoms with Crippen LogP contribution in [-0.2, 0) is 19.7 Å². The van der Waals surface area contributed by atoms with E-state index in [9.17, 15) is 13.2 Å². The zero-order valence-electron chi connectivity index (χ0n) is 9.83. The lowest BCUT2D eigenvalue weighted by Crippen LogP contribution is -2.50.